The van der Waals surface area contributed by atoms with Gasteiger partial charge in [-0.2, -0.15) is 0 Å². The molecule has 0 aromatic heterocycles. The second-order valence-electron chi connectivity index (χ2n) is 4.06. The third-order valence-electron chi connectivity index (χ3n) is 2.56. The summed E-state index contributed by atoms with van der Waals surface area (Å²) in [5, 5.41) is 2.11. The van der Waals surface area contributed by atoms with E-state index in [4.69, 9.17) is 46.4 Å². The van der Waals surface area contributed by atoms with E-state index in [9.17, 15) is 0 Å². The lowest BCUT2D eigenvalue weighted by molar-refractivity contribution is 1.64. The van der Waals surface area contributed by atoms with Gasteiger partial charge in [0.2, 0.25) is 0 Å². The Morgan fingerprint density at radius 2 is 1.50 bits per heavy atom. The quantitative estimate of drug-likeness (QED) is 0.534. The Bertz CT molecular complexity index is 672. The molecule has 0 fully saturated rings. The van der Waals surface area contributed by atoms with Crippen LogP contribution in [0, 0.1) is 0 Å². The molecule has 0 saturated carbocycles. The molecule has 2 aromatic carbocycles. The van der Waals surface area contributed by atoms with E-state index < -0.39 is 0 Å². The molecule has 20 heavy (non-hydrogen) atoms. The Balaban J connectivity index is 2.29. The Morgan fingerprint density at radius 1 is 0.800 bits per heavy atom. The third-order valence-corrected chi connectivity index (χ3v) is 3.86. The van der Waals surface area contributed by atoms with Crippen molar-refractivity contribution in [2.24, 2.45) is 0 Å². The average Bonchev–Trinajstić information content (AvgIpc) is 2.41. The van der Waals surface area contributed by atoms with Crippen molar-refractivity contribution in [1.82, 2.24) is 0 Å². The van der Waals surface area contributed by atoms with Crippen LogP contribution in [0.2, 0.25) is 10.0 Å². The number of allylic oxidation sites excluding steroid dienone is 2. The van der Waals surface area contributed by atoms with Gasteiger partial charge < -0.3 is 0 Å². The first kappa shape index (κ1) is 15.5. The molecule has 0 aliphatic carbocycles. The summed E-state index contributed by atoms with van der Waals surface area (Å²) in [6, 6.07) is 14.8. The van der Waals surface area contributed by atoms with E-state index in [1.165, 1.54) is 0 Å². The van der Waals surface area contributed by atoms with Crippen LogP contribution in [0.3, 0.4) is 0 Å². The molecule has 2 aromatic rings. The molecule has 4 heteroatoms. The Morgan fingerprint density at radius 3 is 2.20 bits per heavy atom. The van der Waals surface area contributed by atoms with Crippen molar-refractivity contribution >= 4 is 58.6 Å². The summed E-state index contributed by atoms with van der Waals surface area (Å²) >= 11 is 24.4. The zero-order valence-electron chi connectivity index (χ0n) is 10.3. The van der Waals surface area contributed by atoms with Crippen LogP contribution in [0.25, 0.3) is 12.2 Å². The van der Waals surface area contributed by atoms with E-state index in [1.54, 1.807) is 24.3 Å². The Hall–Kier alpha value is -0.920. The van der Waals surface area contributed by atoms with Crippen LogP contribution in [-0.2, 0) is 0 Å². The maximum Gasteiger partial charge on any atom is 0.0599 e. The lowest BCUT2D eigenvalue weighted by atomic mass is 10.2. The molecule has 0 spiro atoms. The Kier molecular flexibility index (Phi) is 5.56. The number of rotatable bonds is 3. The standard InChI is InChI=1S/C16H10Cl4/c17-13-6-3-4-11(8-13)9-15(19)16(20)10-12-5-1-2-7-14(12)18/h1-10H. The summed E-state index contributed by atoms with van der Waals surface area (Å²) in [7, 11) is 0. The molecule has 0 amide bonds. The third kappa shape index (κ3) is 4.29. The van der Waals surface area contributed by atoms with Crippen LogP contribution in [0.4, 0.5) is 0 Å². The first-order valence-corrected chi connectivity index (χ1v) is 7.32. The summed E-state index contributed by atoms with van der Waals surface area (Å²) in [4.78, 5) is 0. The number of hydrogen-bond donors (Lipinski definition) is 0. The van der Waals surface area contributed by atoms with E-state index >= 15 is 0 Å². The van der Waals surface area contributed by atoms with Crippen molar-refractivity contribution in [1.29, 1.82) is 0 Å². The van der Waals surface area contributed by atoms with Crippen molar-refractivity contribution in [3.05, 3.63) is 79.8 Å². The molecule has 0 radical (unpaired) electrons. The predicted molar refractivity (Wildman–Crippen MR) is 90.6 cm³/mol. The molecule has 0 saturated heterocycles. The predicted octanol–water partition coefficient (Wildman–Crippen LogP) is 6.85. The van der Waals surface area contributed by atoms with Crippen molar-refractivity contribution < 1.29 is 0 Å². The number of halogens is 4. The second kappa shape index (κ2) is 7.19. The fraction of sp³-hybridized carbons (Fsp3) is 0. The molecule has 0 aliphatic rings. The van der Waals surface area contributed by atoms with Gasteiger partial charge in [-0.15, -0.1) is 0 Å². The van der Waals surface area contributed by atoms with E-state index in [0.29, 0.717) is 20.1 Å². The molecule has 2 rings (SSSR count). The van der Waals surface area contributed by atoms with Crippen LogP contribution in [-0.4, -0.2) is 0 Å². The highest BCUT2D eigenvalue weighted by molar-refractivity contribution is 6.46. The van der Waals surface area contributed by atoms with E-state index in [1.807, 2.05) is 36.4 Å². The van der Waals surface area contributed by atoms with Gasteiger partial charge in [0.05, 0.1) is 10.1 Å². The van der Waals surface area contributed by atoms with Crippen LogP contribution in [0.1, 0.15) is 11.1 Å². The van der Waals surface area contributed by atoms with Gasteiger partial charge in [-0.25, -0.2) is 0 Å². The maximum atomic E-state index is 6.20. The topological polar surface area (TPSA) is 0 Å². The first-order valence-electron chi connectivity index (χ1n) is 5.81. The van der Waals surface area contributed by atoms with Crippen molar-refractivity contribution in [2.75, 3.05) is 0 Å². The lowest BCUT2D eigenvalue weighted by Crippen LogP contribution is -1.79. The molecule has 0 heterocycles. The van der Waals surface area contributed by atoms with Gasteiger partial charge in [0.15, 0.2) is 0 Å². The van der Waals surface area contributed by atoms with E-state index in [0.717, 1.165) is 11.1 Å². The summed E-state index contributed by atoms with van der Waals surface area (Å²) < 4.78 is 0. The molecule has 0 bridgehead atoms. The van der Waals surface area contributed by atoms with Gasteiger partial charge in [0, 0.05) is 10.0 Å². The second-order valence-corrected chi connectivity index (χ2v) is 5.72. The molecule has 0 N–H and O–H groups in total. The highest BCUT2D eigenvalue weighted by atomic mass is 35.5. The van der Waals surface area contributed by atoms with Crippen LogP contribution in [0.5, 0.6) is 0 Å². The van der Waals surface area contributed by atoms with Gasteiger partial charge >= 0.3 is 0 Å². The normalized spacial score (nSPS) is 12.6. The SMILES string of the molecule is ClC(=Cc1cccc(Cl)c1)C(Cl)=Cc1ccccc1Cl. The summed E-state index contributed by atoms with van der Waals surface area (Å²) in [5.41, 5.74) is 1.70. The van der Waals surface area contributed by atoms with Gasteiger partial charge in [-0.3, -0.25) is 0 Å². The van der Waals surface area contributed by atoms with Crippen molar-refractivity contribution in [2.45, 2.75) is 0 Å². The minimum atomic E-state index is 0.416. The minimum absolute atomic E-state index is 0.416. The van der Waals surface area contributed by atoms with Crippen molar-refractivity contribution in [3.63, 3.8) is 0 Å². The highest BCUT2D eigenvalue weighted by Gasteiger charge is 2.02. The van der Waals surface area contributed by atoms with E-state index in [-0.39, 0.29) is 0 Å². The van der Waals surface area contributed by atoms with Crippen LogP contribution >= 0.6 is 46.4 Å². The van der Waals surface area contributed by atoms with E-state index in [2.05, 4.69) is 0 Å². The van der Waals surface area contributed by atoms with Gasteiger partial charge in [0.1, 0.15) is 0 Å². The molecular formula is C16H10Cl4. The van der Waals surface area contributed by atoms with Crippen LogP contribution < -0.4 is 0 Å². The summed E-state index contributed by atoms with van der Waals surface area (Å²) in [6.07, 6.45) is 3.48. The lowest BCUT2D eigenvalue weighted by Gasteiger charge is -2.01. The fourth-order valence-electron chi connectivity index (χ4n) is 1.61. The van der Waals surface area contributed by atoms with Crippen molar-refractivity contribution in [3.8, 4) is 0 Å². The Labute approximate surface area is 138 Å². The molecule has 102 valence electrons. The minimum Gasteiger partial charge on any atom is -0.0843 e. The summed E-state index contributed by atoms with van der Waals surface area (Å²) in [5.74, 6) is 0. The molecular weight excluding hydrogens is 334 g/mol. The monoisotopic (exact) mass is 342 g/mol. The zero-order chi connectivity index (χ0) is 14.5. The smallest absolute Gasteiger partial charge is 0.0599 e. The summed E-state index contributed by atoms with van der Waals surface area (Å²) in [6.45, 7) is 0. The van der Waals surface area contributed by atoms with Gasteiger partial charge in [-0.1, -0.05) is 76.7 Å². The molecule has 0 nitrogen and oxygen atoms in total. The first-order chi connectivity index (χ1) is 9.56. The number of hydrogen-bond acceptors (Lipinski definition) is 0. The van der Waals surface area contributed by atoms with Gasteiger partial charge in [-0.05, 0) is 41.5 Å². The zero-order valence-corrected chi connectivity index (χ0v) is 13.3. The highest BCUT2D eigenvalue weighted by Crippen LogP contribution is 2.27. The average molecular weight is 344 g/mol. The molecule has 0 atom stereocenters. The fourth-order valence-corrected chi connectivity index (χ4v) is 2.35. The number of benzene rings is 2. The maximum absolute atomic E-state index is 6.20. The molecule has 0 aliphatic heterocycles. The van der Waals surface area contributed by atoms with Crippen LogP contribution in [0.15, 0.2) is 58.6 Å². The molecule has 0 unspecified atom stereocenters. The largest absolute Gasteiger partial charge is 0.0843 e. The van der Waals surface area contributed by atoms with Gasteiger partial charge in [0.25, 0.3) is 0 Å².